The molecule has 0 aliphatic heterocycles. The summed E-state index contributed by atoms with van der Waals surface area (Å²) >= 11 is 0. The van der Waals surface area contributed by atoms with Crippen LogP contribution in [0.2, 0.25) is 0 Å². The van der Waals surface area contributed by atoms with Crippen molar-refractivity contribution in [1.82, 2.24) is 19.5 Å². The molecular weight excluding hydrogens is 306 g/mol. The molecule has 1 heterocycles. The molecule has 1 aromatic carbocycles. The minimum absolute atomic E-state index is 0.200. The van der Waals surface area contributed by atoms with Crippen molar-refractivity contribution >= 4 is 10.0 Å². The Morgan fingerprint density at radius 1 is 1.38 bits per heavy atom. The highest BCUT2D eigenvalue weighted by molar-refractivity contribution is 7.89. The van der Waals surface area contributed by atoms with E-state index in [4.69, 9.17) is 5.11 Å². The topological polar surface area (TPSA) is 97.1 Å². The van der Waals surface area contributed by atoms with Gasteiger partial charge in [-0.3, -0.25) is 4.68 Å². The summed E-state index contributed by atoms with van der Waals surface area (Å²) in [5.41, 5.74) is -0.700. The second kappa shape index (κ2) is 5.84. The molecule has 0 amide bonds. The molecule has 0 saturated heterocycles. The molecule has 1 aromatic heterocycles. The van der Waals surface area contributed by atoms with Crippen molar-refractivity contribution < 1.29 is 22.3 Å². The van der Waals surface area contributed by atoms with Crippen LogP contribution in [0.4, 0.5) is 8.78 Å². The molecule has 114 valence electrons. The number of aromatic nitrogens is 3. The first kappa shape index (κ1) is 15.5. The maximum Gasteiger partial charge on any atom is 0.243 e. The molecule has 2 rings (SSSR count). The van der Waals surface area contributed by atoms with E-state index < -0.39 is 38.7 Å². The molecular formula is C11H12F2N4O3S. The summed E-state index contributed by atoms with van der Waals surface area (Å²) in [4.78, 5) is 3.07. The molecule has 2 N–H and O–H groups in total. The minimum atomic E-state index is -4.22. The van der Waals surface area contributed by atoms with Gasteiger partial charge < -0.3 is 5.11 Å². The Bertz CT molecular complexity index is 761. The minimum Gasteiger partial charge on any atom is -0.391 e. The number of nitrogens with zero attached hydrogens (tertiary/aromatic N) is 3. The third-order valence-corrected chi connectivity index (χ3v) is 4.08. The van der Waals surface area contributed by atoms with Gasteiger partial charge in [-0.05, 0) is 12.1 Å². The smallest absolute Gasteiger partial charge is 0.243 e. The Labute approximate surface area is 119 Å². The van der Waals surface area contributed by atoms with Gasteiger partial charge in [0.05, 0.1) is 18.7 Å². The number of benzene rings is 1. The third-order valence-electron chi connectivity index (χ3n) is 2.67. The third kappa shape index (κ3) is 3.23. The van der Waals surface area contributed by atoms with Crippen LogP contribution in [0.3, 0.4) is 0 Å². The van der Waals surface area contributed by atoms with Crippen LogP contribution in [0.1, 0.15) is 11.4 Å². The van der Waals surface area contributed by atoms with Crippen molar-refractivity contribution in [2.75, 3.05) is 0 Å². The molecule has 2 aromatic rings. The predicted molar refractivity (Wildman–Crippen MR) is 67.3 cm³/mol. The SMILES string of the molecule is Cn1cnc(CNS(=O)(=O)c2ccc(F)c(CO)c2F)n1. The average molecular weight is 318 g/mol. The first-order valence-corrected chi connectivity index (χ1v) is 7.25. The maximum atomic E-state index is 13.9. The first-order chi connectivity index (χ1) is 9.85. The quantitative estimate of drug-likeness (QED) is 0.813. The molecule has 0 spiro atoms. The number of aryl methyl sites for hydroxylation is 1. The van der Waals surface area contributed by atoms with E-state index in [-0.39, 0.29) is 12.4 Å². The standard InChI is InChI=1S/C11H12F2N4O3S/c1-17-6-14-10(16-17)4-15-21(19,20)9-3-2-8(12)7(5-18)11(9)13/h2-3,6,15,18H,4-5H2,1H3. The summed E-state index contributed by atoms with van der Waals surface area (Å²) in [7, 11) is -2.61. The molecule has 0 fully saturated rings. The van der Waals surface area contributed by atoms with E-state index in [1.54, 1.807) is 7.05 Å². The Morgan fingerprint density at radius 2 is 2.10 bits per heavy atom. The van der Waals surface area contributed by atoms with E-state index in [1.807, 2.05) is 0 Å². The summed E-state index contributed by atoms with van der Waals surface area (Å²) in [6.45, 7) is -1.18. The number of sulfonamides is 1. The van der Waals surface area contributed by atoms with E-state index in [1.165, 1.54) is 11.0 Å². The van der Waals surface area contributed by atoms with Crippen molar-refractivity contribution in [3.8, 4) is 0 Å². The van der Waals surface area contributed by atoms with Gasteiger partial charge in [0.1, 0.15) is 17.0 Å². The number of rotatable bonds is 5. The normalized spacial score (nSPS) is 11.8. The molecule has 0 radical (unpaired) electrons. The van der Waals surface area contributed by atoms with Gasteiger partial charge in [0.2, 0.25) is 10.0 Å². The fraction of sp³-hybridized carbons (Fsp3) is 0.273. The lowest BCUT2D eigenvalue weighted by Crippen LogP contribution is -2.25. The van der Waals surface area contributed by atoms with Crippen molar-refractivity contribution in [3.63, 3.8) is 0 Å². The molecule has 7 nitrogen and oxygen atoms in total. The van der Waals surface area contributed by atoms with Gasteiger partial charge in [0.15, 0.2) is 11.6 Å². The van der Waals surface area contributed by atoms with Crippen molar-refractivity contribution in [3.05, 3.63) is 41.5 Å². The van der Waals surface area contributed by atoms with Gasteiger partial charge in [-0.15, -0.1) is 0 Å². The highest BCUT2D eigenvalue weighted by Gasteiger charge is 2.23. The zero-order valence-electron chi connectivity index (χ0n) is 10.9. The summed E-state index contributed by atoms with van der Waals surface area (Å²) in [5.74, 6) is -2.13. The molecule has 0 aliphatic carbocycles. The first-order valence-electron chi connectivity index (χ1n) is 5.77. The van der Waals surface area contributed by atoms with Crippen molar-refractivity contribution in [1.29, 1.82) is 0 Å². The number of halogens is 2. The molecule has 0 atom stereocenters. The van der Waals surface area contributed by atoms with Crippen LogP contribution in [0.15, 0.2) is 23.4 Å². The van der Waals surface area contributed by atoms with Crippen LogP contribution < -0.4 is 4.72 Å². The van der Waals surface area contributed by atoms with E-state index in [2.05, 4.69) is 14.8 Å². The molecule has 10 heteroatoms. The lowest BCUT2D eigenvalue weighted by atomic mass is 10.2. The fourth-order valence-electron chi connectivity index (χ4n) is 1.63. The van der Waals surface area contributed by atoms with Gasteiger partial charge in [0, 0.05) is 7.05 Å². The van der Waals surface area contributed by atoms with Gasteiger partial charge in [0.25, 0.3) is 0 Å². The number of hydrogen-bond donors (Lipinski definition) is 2. The Kier molecular flexibility index (Phi) is 4.30. The van der Waals surface area contributed by atoms with E-state index >= 15 is 0 Å². The zero-order chi connectivity index (χ0) is 15.6. The number of aliphatic hydroxyl groups excluding tert-OH is 1. The van der Waals surface area contributed by atoms with Gasteiger partial charge in [-0.25, -0.2) is 26.9 Å². The van der Waals surface area contributed by atoms with E-state index in [0.29, 0.717) is 0 Å². The summed E-state index contributed by atoms with van der Waals surface area (Å²) in [6, 6.07) is 1.57. The fourth-order valence-corrected chi connectivity index (χ4v) is 2.71. The Balaban J connectivity index is 2.27. The molecule has 0 saturated carbocycles. The highest BCUT2D eigenvalue weighted by atomic mass is 32.2. The number of hydrogen-bond acceptors (Lipinski definition) is 5. The number of nitrogens with one attached hydrogen (secondary N) is 1. The molecule has 21 heavy (non-hydrogen) atoms. The van der Waals surface area contributed by atoms with E-state index in [0.717, 1.165) is 12.1 Å². The maximum absolute atomic E-state index is 13.9. The average Bonchev–Trinajstić information content (AvgIpc) is 2.83. The van der Waals surface area contributed by atoms with Crippen molar-refractivity contribution in [2.45, 2.75) is 18.0 Å². The van der Waals surface area contributed by atoms with Crippen molar-refractivity contribution in [2.24, 2.45) is 7.05 Å². The van der Waals surface area contributed by atoms with Crippen LogP contribution in [-0.2, 0) is 30.2 Å². The zero-order valence-corrected chi connectivity index (χ0v) is 11.7. The summed E-state index contributed by atoms with van der Waals surface area (Å²) in [6.07, 6.45) is 1.38. The highest BCUT2D eigenvalue weighted by Crippen LogP contribution is 2.21. The molecule has 0 unspecified atom stereocenters. The van der Waals surface area contributed by atoms with Crippen LogP contribution in [0.25, 0.3) is 0 Å². The Morgan fingerprint density at radius 3 is 2.67 bits per heavy atom. The van der Waals surface area contributed by atoms with E-state index in [9.17, 15) is 17.2 Å². The second-order valence-corrected chi connectivity index (χ2v) is 5.89. The summed E-state index contributed by atoms with van der Waals surface area (Å²) < 4.78 is 54.6. The number of aliphatic hydroxyl groups is 1. The Hall–Kier alpha value is -1.91. The van der Waals surface area contributed by atoms with Crippen LogP contribution in [0.5, 0.6) is 0 Å². The molecule has 0 aliphatic rings. The second-order valence-electron chi connectivity index (χ2n) is 4.16. The lowest BCUT2D eigenvalue weighted by Gasteiger charge is -2.09. The lowest BCUT2D eigenvalue weighted by molar-refractivity contribution is 0.267. The largest absolute Gasteiger partial charge is 0.391 e. The van der Waals surface area contributed by atoms with Gasteiger partial charge >= 0.3 is 0 Å². The monoisotopic (exact) mass is 318 g/mol. The predicted octanol–water partition coefficient (Wildman–Crippen LogP) is 0.0641. The van der Waals surface area contributed by atoms with Crippen LogP contribution >= 0.6 is 0 Å². The summed E-state index contributed by atoms with van der Waals surface area (Å²) in [5, 5.41) is 12.7. The van der Waals surface area contributed by atoms with Crippen LogP contribution in [-0.4, -0.2) is 28.3 Å². The van der Waals surface area contributed by atoms with Crippen LogP contribution in [0, 0.1) is 11.6 Å². The molecule has 0 bridgehead atoms. The van der Waals surface area contributed by atoms with Gasteiger partial charge in [-0.1, -0.05) is 0 Å². The van der Waals surface area contributed by atoms with Gasteiger partial charge in [-0.2, -0.15) is 5.10 Å².